The van der Waals surface area contributed by atoms with E-state index in [1.807, 2.05) is 7.05 Å². The number of hydrogen-bond donors (Lipinski definition) is 1. The summed E-state index contributed by atoms with van der Waals surface area (Å²) in [5, 5.41) is 3.28. The summed E-state index contributed by atoms with van der Waals surface area (Å²) < 4.78 is 13.5. The maximum atomic E-state index is 6.85. The standard InChI is InChI=1S/C31H45N3O2/c1-25(2)34-23-30(15-16-30)36-31(24-34)17-21-33(22-18-31)20-14-27-11-7-8-12-28(27)35-29(13-19-32-3)26-9-5-4-6-10-26/h4-12,25,29,32H,13-24H2,1-3H3. The van der Waals surface area contributed by atoms with Gasteiger partial charge in [-0.2, -0.15) is 0 Å². The summed E-state index contributed by atoms with van der Waals surface area (Å²) in [6, 6.07) is 19.8. The first-order valence-electron chi connectivity index (χ1n) is 14.1. The number of likely N-dealkylation sites (tertiary alicyclic amines) is 1. The molecule has 0 aromatic heterocycles. The Bertz CT molecular complexity index is 967. The van der Waals surface area contributed by atoms with Crippen molar-refractivity contribution in [3.05, 3.63) is 65.7 Å². The second-order valence-electron chi connectivity index (χ2n) is 11.6. The summed E-state index contributed by atoms with van der Waals surface area (Å²) in [6.45, 7) is 11.2. The lowest BCUT2D eigenvalue weighted by atomic mass is 9.87. The Kier molecular flexibility index (Phi) is 8.02. The largest absolute Gasteiger partial charge is 0.485 e. The van der Waals surface area contributed by atoms with Gasteiger partial charge < -0.3 is 19.7 Å². The van der Waals surface area contributed by atoms with E-state index in [4.69, 9.17) is 9.47 Å². The lowest BCUT2D eigenvalue weighted by Gasteiger charge is -2.51. The van der Waals surface area contributed by atoms with E-state index >= 15 is 0 Å². The molecule has 5 heteroatoms. The molecule has 1 aliphatic carbocycles. The average Bonchev–Trinajstić information content (AvgIpc) is 3.64. The summed E-state index contributed by atoms with van der Waals surface area (Å²) in [5.74, 6) is 1.02. The SMILES string of the molecule is CNCCC(Oc1ccccc1CCN1CCC2(CC1)CN(C(C)C)CC1(CC1)O2)c1ccccc1. The molecule has 5 nitrogen and oxygen atoms in total. The summed E-state index contributed by atoms with van der Waals surface area (Å²) >= 11 is 0. The molecule has 36 heavy (non-hydrogen) atoms. The van der Waals surface area contributed by atoms with Gasteiger partial charge in [0.1, 0.15) is 11.9 Å². The molecule has 1 unspecified atom stereocenters. The maximum Gasteiger partial charge on any atom is 0.125 e. The van der Waals surface area contributed by atoms with E-state index in [0.29, 0.717) is 6.04 Å². The zero-order valence-electron chi connectivity index (χ0n) is 22.5. The van der Waals surface area contributed by atoms with Crippen LogP contribution in [0, 0.1) is 0 Å². The molecule has 0 radical (unpaired) electrons. The van der Waals surface area contributed by atoms with Crippen molar-refractivity contribution in [3.63, 3.8) is 0 Å². The highest BCUT2D eigenvalue weighted by Crippen LogP contribution is 2.49. The fourth-order valence-corrected chi connectivity index (χ4v) is 6.02. The predicted octanol–water partition coefficient (Wildman–Crippen LogP) is 5.07. The van der Waals surface area contributed by atoms with Crippen molar-refractivity contribution >= 4 is 0 Å². The topological polar surface area (TPSA) is 37.0 Å². The number of morpholine rings is 1. The Hall–Kier alpha value is -1.92. The molecule has 2 aliphatic heterocycles. The number of benzene rings is 2. The quantitative estimate of drug-likeness (QED) is 0.502. The number of nitrogens with zero attached hydrogens (tertiary/aromatic N) is 2. The molecule has 2 aromatic carbocycles. The molecular formula is C31H45N3O2. The molecule has 196 valence electrons. The number of hydrogen-bond acceptors (Lipinski definition) is 5. The van der Waals surface area contributed by atoms with E-state index in [-0.39, 0.29) is 17.3 Å². The van der Waals surface area contributed by atoms with Gasteiger partial charge in [-0.15, -0.1) is 0 Å². The van der Waals surface area contributed by atoms with Crippen LogP contribution in [0.15, 0.2) is 54.6 Å². The van der Waals surface area contributed by atoms with Crippen LogP contribution < -0.4 is 10.1 Å². The van der Waals surface area contributed by atoms with Gasteiger partial charge >= 0.3 is 0 Å². The lowest BCUT2D eigenvalue weighted by molar-refractivity contribution is -0.192. The second-order valence-corrected chi connectivity index (χ2v) is 11.6. The van der Waals surface area contributed by atoms with E-state index in [2.05, 4.69) is 83.6 Å². The van der Waals surface area contributed by atoms with Crippen LogP contribution in [0.4, 0.5) is 0 Å². The number of nitrogens with one attached hydrogen (secondary N) is 1. The van der Waals surface area contributed by atoms with Crippen LogP contribution in [0.2, 0.25) is 0 Å². The number of rotatable bonds is 10. The number of ether oxygens (including phenoxy) is 2. The van der Waals surface area contributed by atoms with Gasteiger partial charge in [0.05, 0.1) is 11.2 Å². The smallest absolute Gasteiger partial charge is 0.125 e. The molecule has 3 fully saturated rings. The van der Waals surface area contributed by atoms with Gasteiger partial charge in [0.25, 0.3) is 0 Å². The summed E-state index contributed by atoms with van der Waals surface area (Å²) in [4.78, 5) is 5.31. The zero-order chi connectivity index (χ0) is 25.0. The Labute approximate surface area is 218 Å². The third-order valence-electron chi connectivity index (χ3n) is 8.49. The lowest BCUT2D eigenvalue weighted by Crippen LogP contribution is -2.61. The van der Waals surface area contributed by atoms with E-state index in [0.717, 1.165) is 70.7 Å². The summed E-state index contributed by atoms with van der Waals surface area (Å²) in [6.07, 6.45) is 6.80. The monoisotopic (exact) mass is 491 g/mol. The van der Waals surface area contributed by atoms with Crippen molar-refractivity contribution < 1.29 is 9.47 Å². The van der Waals surface area contributed by atoms with Crippen LogP contribution in [-0.4, -0.2) is 73.4 Å². The first-order valence-corrected chi connectivity index (χ1v) is 14.1. The van der Waals surface area contributed by atoms with Crippen LogP contribution in [0.5, 0.6) is 5.75 Å². The van der Waals surface area contributed by atoms with Gasteiger partial charge in [-0.3, -0.25) is 4.90 Å². The fourth-order valence-electron chi connectivity index (χ4n) is 6.02. The minimum absolute atomic E-state index is 0.0525. The molecular weight excluding hydrogens is 446 g/mol. The normalized spacial score (nSPS) is 22.2. The molecule has 1 saturated carbocycles. The molecule has 0 bridgehead atoms. The van der Waals surface area contributed by atoms with Crippen LogP contribution in [-0.2, 0) is 11.2 Å². The predicted molar refractivity (Wildman–Crippen MR) is 147 cm³/mol. The van der Waals surface area contributed by atoms with Gasteiger partial charge in [0.15, 0.2) is 0 Å². The van der Waals surface area contributed by atoms with Crippen molar-refractivity contribution in [2.45, 2.75) is 75.7 Å². The molecule has 5 rings (SSSR count). The molecule has 2 saturated heterocycles. The van der Waals surface area contributed by atoms with Gasteiger partial charge in [-0.1, -0.05) is 48.5 Å². The first-order chi connectivity index (χ1) is 17.5. The van der Waals surface area contributed by atoms with Gasteiger partial charge in [-0.25, -0.2) is 0 Å². The van der Waals surface area contributed by atoms with Gasteiger partial charge in [-0.05, 0) is 76.7 Å². The molecule has 2 spiro atoms. The molecule has 2 heterocycles. The van der Waals surface area contributed by atoms with Crippen molar-refractivity contribution in [1.82, 2.24) is 15.1 Å². The highest BCUT2D eigenvalue weighted by atomic mass is 16.5. The van der Waals surface area contributed by atoms with Crippen molar-refractivity contribution in [1.29, 1.82) is 0 Å². The van der Waals surface area contributed by atoms with Crippen molar-refractivity contribution in [2.24, 2.45) is 0 Å². The molecule has 1 N–H and O–H groups in total. The third kappa shape index (κ3) is 6.13. The number of piperidine rings is 1. The van der Waals surface area contributed by atoms with E-state index < -0.39 is 0 Å². The van der Waals surface area contributed by atoms with E-state index in [1.54, 1.807) is 0 Å². The summed E-state index contributed by atoms with van der Waals surface area (Å²) in [5.41, 5.74) is 2.77. The Morgan fingerprint density at radius 2 is 1.58 bits per heavy atom. The molecule has 3 aliphatic rings. The highest BCUT2D eigenvalue weighted by molar-refractivity contribution is 5.34. The van der Waals surface area contributed by atoms with E-state index in [9.17, 15) is 0 Å². The van der Waals surface area contributed by atoms with Gasteiger partial charge in [0.2, 0.25) is 0 Å². The maximum absolute atomic E-state index is 6.85. The fraction of sp³-hybridized carbons (Fsp3) is 0.613. The molecule has 2 aromatic rings. The number of para-hydroxylation sites is 1. The minimum atomic E-state index is 0.0525. The first kappa shape index (κ1) is 25.7. The Morgan fingerprint density at radius 1 is 0.917 bits per heavy atom. The van der Waals surface area contributed by atoms with Crippen LogP contribution >= 0.6 is 0 Å². The summed E-state index contributed by atoms with van der Waals surface area (Å²) in [7, 11) is 2.00. The highest BCUT2D eigenvalue weighted by Gasteiger charge is 2.56. The van der Waals surface area contributed by atoms with Crippen LogP contribution in [0.3, 0.4) is 0 Å². The zero-order valence-corrected chi connectivity index (χ0v) is 22.5. The second kappa shape index (κ2) is 11.2. The van der Waals surface area contributed by atoms with Crippen molar-refractivity contribution in [3.8, 4) is 5.75 Å². The third-order valence-corrected chi connectivity index (χ3v) is 8.49. The van der Waals surface area contributed by atoms with Crippen LogP contribution in [0.25, 0.3) is 0 Å². The Morgan fingerprint density at radius 3 is 2.25 bits per heavy atom. The molecule has 0 amide bonds. The van der Waals surface area contributed by atoms with Crippen molar-refractivity contribution in [2.75, 3.05) is 46.3 Å². The van der Waals surface area contributed by atoms with E-state index in [1.165, 1.54) is 24.0 Å². The van der Waals surface area contributed by atoms with Crippen LogP contribution in [0.1, 0.15) is 63.2 Å². The Balaban J connectivity index is 1.18. The minimum Gasteiger partial charge on any atom is -0.485 e. The van der Waals surface area contributed by atoms with Gasteiger partial charge in [0, 0.05) is 45.2 Å². The average molecular weight is 492 g/mol. The molecule has 1 atom stereocenters.